The molecule has 0 bridgehead atoms. The second kappa shape index (κ2) is 6.05. The fourth-order valence-electron chi connectivity index (χ4n) is 7.54. The first kappa shape index (κ1) is 18.5. The van der Waals surface area contributed by atoms with Crippen molar-refractivity contribution in [2.24, 2.45) is 11.8 Å². The van der Waals surface area contributed by atoms with Gasteiger partial charge in [-0.2, -0.15) is 17.4 Å². The van der Waals surface area contributed by atoms with Crippen molar-refractivity contribution in [1.82, 2.24) is 33.6 Å². The maximum absolute atomic E-state index is 13.2. The van der Waals surface area contributed by atoms with Crippen molar-refractivity contribution in [2.75, 3.05) is 13.1 Å². The molecule has 4 aliphatic rings. The number of rotatable bonds is 4. The summed E-state index contributed by atoms with van der Waals surface area (Å²) in [5, 5.41) is 9.18. The molecule has 4 unspecified atom stereocenters. The lowest BCUT2D eigenvalue weighted by Crippen LogP contribution is -2.67. The average molecular weight is 442 g/mol. The van der Waals surface area contributed by atoms with Crippen LogP contribution in [0.2, 0.25) is 0 Å². The Morgan fingerprint density at radius 2 is 2.00 bits per heavy atom. The van der Waals surface area contributed by atoms with Gasteiger partial charge in [0.15, 0.2) is 11.3 Å². The normalized spacial score (nSPS) is 35.6. The van der Waals surface area contributed by atoms with E-state index in [4.69, 9.17) is 5.10 Å². The summed E-state index contributed by atoms with van der Waals surface area (Å²) in [5.74, 6) is 1.82. The molecular weight excluding hydrogens is 414 g/mol. The molecule has 4 fully saturated rings. The summed E-state index contributed by atoms with van der Waals surface area (Å²) in [6, 6.07) is 2.03. The highest BCUT2D eigenvalue weighted by Crippen LogP contribution is 2.68. The Labute approximate surface area is 180 Å². The third-order valence-corrected chi connectivity index (χ3v) is 10.3. The first-order valence-corrected chi connectivity index (χ1v) is 12.9. The molecule has 4 atom stereocenters. The van der Waals surface area contributed by atoms with Crippen LogP contribution in [0.5, 0.6) is 0 Å². The van der Waals surface area contributed by atoms with Gasteiger partial charge in [0.2, 0.25) is 0 Å². The Morgan fingerprint density at radius 3 is 2.87 bits per heavy atom. The molecule has 0 aromatic carbocycles. The number of nitrogens with one attached hydrogen (secondary N) is 2. The Bertz CT molecular complexity index is 1290. The van der Waals surface area contributed by atoms with Crippen molar-refractivity contribution in [3.05, 3.63) is 24.3 Å². The van der Waals surface area contributed by atoms with Crippen LogP contribution in [-0.2, 0) is 15.6 Å². The van der Waals surface area contributed by atoms with E-state index in [1.807, 2.05) is 12.3 Å². The van der Waals surface area contributed by atoms with E-state index in [0.29, 0.717) is 19.0 Å². The summed E-state index contributed by atoms with van der Waals surface area (Å²) in [6.07, 6.45) is 11.7. The van der Waals surface area contributed by atoms with Crippen molar-refractivity contribution < 1.29 is 8.42 Å². The Balaban J connectivity index is 1.34. The highest BCUT2D eigenvalue weighted by molar-refractivity contribution is 7.87. The van der Waals surface area contributed by atoms with E-state index in [9.17, 15) is 8.42 Å². The van der Waals surface area contributed by atoms with Gasteiger partial charge in [0, 0.05) is 30.2 Å². The molecule has 2 N–H and O–H groups in total. The van der Waals surface area contributed by atoms with Crippen molar-refractivity contribution in [1.29, 1.82) is 0 Å². The smallest absolute Gasteiger partial charge is 0.279 e. The van der Waals surface area contributed by atoms with E-state index in [1.54, 1.807) is 10.5 Å². The molecule has 0 amide bonds. The zero-order valence-electron chi connectivity index (χ0n) is 17.4. The zero-order chi connectivity index (χ0) is 20.8. The molecule has 3 aromatic rings. The van der Waals surface area contributed by atoms with Crippen molar-refractivity contribution in [3.8, 4) is 0 Å². The molecule has 10 heteroatoms. The van der Waals surface area contributed by atoms with Crippen molar-refractivity contribution >= 4 is 27.0 Å². The van der Waals surface area contributed by atoms with Crippen LogP contribution in [0.15, 0.2) is 18.5 Å². The fourth-order valence-corrected chi connectivity index (χ4v) is 9.23. The minimum Gasteiger partial charge on any atom is -0.345 e. The molecule has 31 heavy (non-hydrogen) atoms. The summed E-state index contributed by atoms with van der Waals surface area (Å²) >= 11 is 0. The zero-order valence-corrected chi connectivity index (χ0v) is 18.2. The van der Waals surface area contributed by atoms with Crippen LogP contribution < -0.4 is 4.72 Å². The van der Waals surface area contributed by atoms with Crippen LogP contribution in [0.3, 0.4) is 0 Å². The SMILES string of the molecule is O=S(=O)(NC12CCC3(c4nnc5cnc6[nH]ccc6n45)CCCC(C1)C23)N1CCCC1. The van der Waals surface area contributed by atoms with Crippen LogP contribution in [0.4, 0.5) is 0 Å². The first-order valence-electron chi connectivity index (χ1n) is 11.5. The first-order chi connectivity index (χ1) is 15.0. The summed E-state index contributed by atoms with van der Waals surface area (Å²) in [5.41, 5.74) is 2.09. The number of H-pyrrole nitrogens is 1. The monoisotopic (exact) mass is 441 g/mol. The maximum Gasteiger partial charge on any atom is 0.279 e. The van der Waals surface area contributed by atoms with Crippen molar-refractivity contribution in [3.63, 3.8) is 0 Å². The van der Waals surface area contributed by atoms with E-state index < -0.39 is 10.2 Å². The fraction of sp³-hybridized carbons (Fsp3) is 0.667. The standard InChI is InChI=1S/C21H27N7O2S/c29-31(30,27-10-1-2-11-27)26-21-8-7-20(6-3-4-14(12-21)17(20)21)19-25-24-16-13-23-18-15(28(16)19)5-9-22-18/h5,9,13-14,17,22,26H,1-4,6-8,10-12H2. The van der Waals surface area contributed by atoms with E-state index in [2.05, 4.69) is 24.2 Å². The molecule has 9 nitrogen and oxygen atoms in total. The van der Waals surface area contributed by atoms with Gasteiger partial charge in [0.05, 0.1) is 11.7 Å². The quantitative estimate of drug-likeness (QED) is 0.645. The lowest BCUT2D eigenvalue weighted by atomic mass is 9.49. The molecular formula is C21H27N7O2S. The van der Waals surface area contributed by atoms with Gasteiger partial charge in [0.1, 0.15) is 5.82 Å². The number of hydrogen-bond acceptors (Lipinski definition) is 5. The Kier molecular flexibility index (Phi) is 3.61. The maximum atomic E-state index is 13.2. The van der Waals surface area contributed by atoms with E-state index >= 15 is 0 Å². The van der Waals surface area contributed by atoms with Crippen LogP contribution in [-0.4, -0.2) is 55.9 Å². The molecule has 3 saturated carbocycles. The number of hydrogen-bond donors (Lipinski definition) is 2. The molecule has 0 radical (unpaired) electrons. The summed E-state index contributed by atoms with van der Waals surface area (Å²) in [4.78, 5) is 7.66. The number of aromatic nitrogens is 5. The Hall–Kier alpha value is -2.04. The van der Waals surface area contributed by atoms with Gasteiger partial charge in [-0.25, -0.2) is 4.98 Å². The minimum absolute atomic E-state index is 0.139. The molecule has 164 valence electrons. The molecule has 7 rings (SSSR count). The van der Waals surface area contributed by atoms with Gasteiger partial charge >= 0.3 is 0 Å². The van der Waals surface area contributed by atoms with E-state index in [0.717, 1.165) is 67.6 Å². The predicted molar refractivity (Wildman–Crippen MR) is 115 cm³/mol. The van der Waals surface area contributed by atoms with Crippen LogP contribution in [0.25, 0.3) is 16.8 Å². The van der Waals surface area contributed by atoms with Crippen LogP contribution in [0, 0.1) is 11.8 Å². The Morgan fingerprint density at radius 1 is 1.13 bits per heavy atom. The minimum atomic E-state index is -3.45. The largest absolute Gasteiger partial charge is 0.345 e. The molecule has 1 aliphatic heterocycles. The van der Waals surface area contributed by atoms with Gasteiger partial charge in [-0.05, 0) is 62.8 Å². The highest BCUT2D eigenvalue weighted by atomic mass is 32.2. The van der Waals surface area contributed by atoms with Crippen molar-refractivity contribution in [2.45, 2.75) is 62.3 Å². The molecule has 4 heterocycles. The van der Waals surface area contributed by atoms with E-state index in [1.165, 1.54) is 6.42 Å². The van der Waals surface area contributed by atoms with E-state index in [-0.39, 0.29) is 16.9 Å². The summed E-state index contributed by atoms with van der Waals surface area (Å²) in [6.45, 7) is 1.27. The third-order valence-electron chi connectivity index (χ3n) is 8.63. The summed E-state index contributed by atoms with van der Waals surface area (Å²) in [7, 11) is -3.45. The highest BCUT2D eigenvalue weighted by Gasteiger charge is 2.70. The van der Waals surface area contributed by atoms with Gasteiger partial charge in [-0.1, -0.05) is 6.42 Å². The second-order valence-electron chi connectivity index (χ2n) is 10.0. The number of fused-ring (bicyclic) bond motifs is 3. The van der Waals surface area contributed by atoms with Gasteiger partial charge in [-0.3, -0.25) is 4.40 Å². The van der Waals surface area contributed by atoms with Crippen LogP contribution in [0.1, 0.15) is 57.2 Å². The topological polar surface area (TPSA) is 108 Å². The van der Waals surface area contributed by atoms with Gasteiger partial charge < -0.3 is 4.98 Å². The summed E-state index contributed by atoms with van der Waals surface area (Å²) < 4.78 is 33.4. The molecule has 3 aliphatic carbocycles. The van der Waals surface area contributed by atoms with Gasteiger partial charge in [0.25, 0.3) is 10.2 Å². The average Bonchev–Trinajstić information content (AvgIpc) is 3.51. The third kappa shape index (κ3) is 2.33. The molecule has 3 aromatic heterocycles. The predicted octanol–water partition coefficient (Wildman–Crippen LogP) is 2.13. The molecule has 1 saturated heterocycles. The molecule has 0 spiro atoms. The lowest BCUT2D eigenvalue weighted by molar-refractivity contribution is -0.0283. The van der Waals surface area contributed by atoms with Gasteiger partial charge in [-0.15, -0.1) is 10.2 Å². The second-order valence-corrected chi connectivity index (χ2v) is 11.7. The number of nitrogens with zero attached hydrogens (tertiary/aromatic N) is 5. The lowest BCUT2D eigenvalue weighted by Gasteiger charge is -2.59. The number of aromatic amines is 1. The van der Waals surface area contributed by atoms with Crippen LogP contribution >= 0.6 is 0 Å².